The average molecular weight is 346 g/mol. The standard InChI is InChI=1S/C17H25F3N2O2/c1-4-16(5-2,10-21)15(23)22-9-13-7-6-12(3)8-14(13)24-11-17(18,19)20/h6-8H,4-5,9-11,21H2,1-3H3,(H,22,23). The van der Waals surface area contributed by atoms with Crippen molar-refractivity contribution in [1.29, 1.82) is 0 Å². The molecule has 0 aromatic heterocycles. The minimum atomic E-state index is -4.41. The lowest BCUT2D eigenvalue weighted by Crippen LogP contribution is -2.45. The first-order chi connectivity index (χ1) is 11.2. The highest BCUT2D eigenvalue weighted by atomic mass is 19.4. The predicted molar refractivity (Wildman–Crippen MR) is 86.6 cm³/mol. The Bertz CT molecular complexity index is 547. The summed E-state index contributed by atoms with van der Waals surface area (Å²) in [6, 6.07) is 4.95. The second kappa shape index (κ2) is 8.37. The number of benzene rings is 1. The van der Waals surface area contributed by atoms with Gasteiger partial charge in [0.15, 0.2) is 6.61 Å². The number of nitrogens with one attached hydrogen (secondary N) is 1. The summed E-state index contributed by atoms with van der Waals surface area (Å²) in [5.74, 6) is -0.0729. The van der Waals surface area contributed by atoms with Crippen LogP contribution in [0.15, 0.2) is 18.2 Å². The van der Waals surface area contributed by atoms with Crippen molar-refractivity contribution in [3.63, 3.8) is 0 Å². The van der Waals surface area contributed by atoms with Crippen LogP contribution in [-0.2, 0) is 11.3 Å². The van der Waals surface area contributed by atoms with E-state index in [1.165, 1.54) is 6.07 Å². The number of hydrogen-bond donors (Lipinski definition) is 2. The van der Waals surface area contributed by atoms with Gasteiger partial charge in [0.25, 0.3) is 0 Å². The number of carbonyl (C=O) groups excluding carboxylic acids is 1. The van der Waals surface area contributed by atoms with Crippen molar-refractivity contribution in [2.75, 3.05) is 13.2 Å². The van der Waals surface area contributed by atoms with E-state index in [2.05, 4.69) is 5.32 Å². The molecular formula is C17H25F3N2O2. The molecule has 0 aliphatic heterocycles. The monoisotopic (exact) mass is 346 g/mol. The fourth-order valence-electron chi connectivity index (χ4n) is 2.42. The number of aryl methyl sites for hydroxylation is 1. The SMILES string of the molecule is CCC(CC)(CN)C(=O)NCc1ccc(C)cc1OCC(F)(F)F. The van der Waals surface area contributed by atoms with Gasteiger partial charge >= 0.3 is 6.18 Å². The zero-order valence-electron chi connectivity index (χ0n) is 14.3. The van der Waals surface area contributed by atoms with E-state index in [-0.39, 0.29) is 24.7 Å². The fourth-order valence-corrected chi connectivity index (χ4v) is 2.42. The zero-order valence-corrected chi connectivity index (χ0v) is 14.3. The largest absolute Gasteiger partial charge is 0.484 e. The molecule has 0 bridgehead atoms. The molecule has 0 fully saturated rings. The molecule has 24 heavy (non-hydrogen) atoms. The van der Waals surface area contributed by atoms with E-state index in [0.29, 0.717) is 18.4 Å². The highest BCUT2D eigenvalue weighted by molar-refractivity contribution is 5.82. The number of nitrogens with two attached hydrogens (primary N) is 1. The molecule has 1 rings (SSSR count). The van der Waals surface area contributed by atoms with E-state index >= 15 is 0 Å². The summed E-state index contributed by atoms with van der Waals surface area (Å²) in [7, 11) is 0. The summed E-state index contributed by atoms with van der Waals surface area (Å²) < 4.78 is 42.0. The Morgan fingerprint density at radius 2 is 1.88 bits per heavy atom. The van der Waals surface area contributed by atoms with Gasteiger partial charge < -0.3 is 15.8 Å². The van der Waals surface area contributed by atoms with Crippen molar-refractivity contribution in [2.24, 2.45) is 11.1 Å². The van der Waals surface area contributed by atoms with E-state index < -0.39 is 18.2 Å². The van der Waals surface area contributed by atoms with Crippen LogP contribution >= 0.6 is 0 Å². The number of amides is 1. The topological polar surface area (TPSA) is 64.4 Å². The van der Waals surface area contributed by atoms with Crippen LogP contribution in [0.25, 0.3) is 0 Å². The van der Waals surface area contributed by atoms with Gasteiger partial charge in [0, 0.05) is 18.7 Å². The quantitative estimate of drug-likeness (QED) is 0.759. The maximum absolute atomic E-state index is 12.4. The third-order valence-corrected chi connectivity index (χ3v) is 4.28. The molecule has 0 spiro atoms. The number of rotatable bonds is 8. The van der Waals surface area contributed by atoms with Gasteiger partial charge in [-0.05, 0) is 31.4 Å². The third kappa shape index (κ3) is 5.40. The lowest BCUT2D eigenvalue weighted by molar-refractivity contribution is -0.153. The van der Waals surface area contributed by atoms with Gasteiger partial charge in [-0.1, -0.05) is 26.0 Å². The van der Waals surface area contributed by atoms with Crippen LogP contribution in [0.2, 0.25) is 0 Å². The first-order valence-corrected chi connectivity index (χ1v) is 7.95. The van der Waals surface area contributed by atoms with Crippen molar-refractivity contribution >= 4 is 5.91 Å². The summed E-state index contributed by atoms with van der Waals surface area (Å²) in [6.07, 6.45) is -3.22. The first kappa shape index (κ1) is 20.3. The van der Waals surface area contributed by atoms with Crippen molar-refractivity contribution < 1.29 is 22.7 Å². The number of ether oxygens (including phenoxy) is 1. The number of hydrogen-bond acceptors (Lipinski definition) is 3. The van der Waals surface area contributed by atoms with Crippen molar-refractivity contribution in [3.05, 3.63) is 29.3 Å². The summed E-state index contributed by atoms with van der Waals surface area (Å²) >= 11 is 0. The molecule has 0 saturated heterocycles. The minimum Gasteiger partial charge on any atom is -0.484 e. The number of alkyl halides is 3. The Labute approximate surface area is 140 Å². The van der Waals surface area contributed by atoms with E-state index in [9.17, 15) is 18.0 Å². The maximum atomic E-state index is 12.4. The van der Waals surface area contributed by atoms with Crippen LogP contribution < -0.4 is 15.8 Å². The Kier molecular flexibility index (Phi) is 7.08. The molecular weight excluding hydrogens is 321 g/mol. The molecule has 0 aliphatic rings. The maximum Gasteiger partial charge on any atom is 0.422 e. The normalized spacial score (nSPS) is 12.1. The molecule has 0 heterocycles. The Hall–Kier alpha value is -1.76. The van der Waals surface area contributed by atoms with Gasteiger partial charge in [-0.3, -0.25) is 4.79 Å². The molecule has 0 atom stereocenters. The lowest BCUT2D eigenvalue weighted by atomic mass is 9.81. The highest BCUT2D eigenvalue weighted by Gasteiger charge is 2.33. The van der Waals surface area contributed by atoms with E-state index in [1.54, 1.807) is 19.1 Å². The summed E-state index contributed by atoms with van der Waals surface area (Å²) in [6.45, 7) is 4.48. The van der Waals surface area contributed by atoms with Gasteiger partial charge in [-0.25, -0.2) is 0 Å². The molecule has 136 valence electrons. The smallest absolute Gasteiger partial charge is 0.422 e. The molecule has 1 aromatic rings. The molecule has 0 saturated carbocycles. The second-order valence-electron chi connectivity index (χ2n) is 5.89. The molecule has 1 amide bonds. The molecule has 1 aromatic carbocycles. The highest BCUT2D eigenvalue weighted by Crippen LogP contribution is 2.27. The molecule has 4 nitrogen and oxygen atoms in total. The second-order valence-corrected chi connectivity index (χ2v) is 5.89. The molecule has 0 aliphatic carbocycles. The van der Waals surface area contributed by atoms with Crippen molar-refractivity contribution in [3.8, 4) is 5.75 Å². The van der Waals surface area contributed by atoms with Crippen molar-refractivity contribution in [2.45, 2.75) is 46.3 Å². The summed E-state index contributed by atoms with van der Waals surface area (Å²) in [5, 5.41) is 2.77. The van der Waals surface area contributed by atoms with Gasteiger partial charge in [0.2, 0.25) is 5.91 Å². The minimum absolute atomic E-state index is 0.0913. The van der Waals surface area contributed by atoms with Gasteiger partial charge in [-0.2, -0.15) is 13.2 Å². The van der Waals surface area contributed by atoms with Crippen LogP contribution in [0.3, 0.4) is 0 Å². The van der Waals surface area contributed by atoms with Gasteiger partial charge in [-0.15, -0.1) is 0 Å². The molecule has 7 heteroatoms. The molecule has 0 radical (unpaired) electrons. The van der Waals surface area contributed by atoms with Crippen molar-refractivity contribution in [1.82, 2.24) is 5.32 Å². The summed E-state index contributed by atoms with van der Waals surface area (Å²) in [4.78, 5) is 12.4. The predicted octanol–water partition coefficient (Wildman–Crippen LogP) is 3.32. The lowest BCUT2D eigenvalue weighted by Gasteiger charge is -2.28. The zero-order chi connectivity index (χ0) is 18.4. The van der Waals surface area contributed by atoms with Gasteiger partial charge in [0.1, 0.15) is 5.75 Å². The van der Waals surface area contributed by atoms with Crippen LogP contribution in [0, 0.1) is 12.3 Å². The Morgan fingerprint density at radius 3 is 2.38 bits per heavy atom. The summed E-state index contributed by atoms with van der Waals surface area (Å²) in [5.41, 5.74) is 6.35. The van der Waals surface area contributed by atoms with E-state index in [4.69, 9.17) is 10.5 Å². The Balaban J connectivity index is 2.86. The number of carbonyl (C=O) groups is 1. The van der Waals surface area contributed by atoms with E-state index in [1.807, 2.05) is 13.8 Å². The number of halogens is 3. The molecule has 0 unspecified atom stereocenters. The molecule has 3 N–H and O–H groups in total. The Morgan fingerprint density at radius 1 is 1.25 bits per heavy atom. The van der Waals surface area contributed by atoms with Crippen LogP contribution in [-0.4, -0.2) is 25.2 Å². The van der Waals surface area contributed by atoms with Gasteiger partial charge in [0.05, 0.1) is 5.41 Å². The van der Waals surface area contributed by atoms with Crippen LogP contribution in [0.1, 0.15) is 37.8 Å². The third-order valence-electron chi connectivity index (χ3n) is 4.28. The average Bonchev–Trinajstić information content (AvgIpc) is 2.53. The first-order valence-electron chi connectivity index (χ1n) is 7.95. The van der Waals surface area contributed by atoms with Crippen LogP contribution in [0.4, 0.5) is 13.2 Å². The fraction of sp³-hybridized carbons (Fsp3) is 0.588. The van der Waals surface area contributed by atoms with Crippen LogP contribution in [0.5, 0.6) is 5.75 Å². The van der Waals surface area contributed by atoms with E-state index in [0.717, 1.165) is 5.56 Å².